The van der Waals surface area contributed by atoms with Crippen LogP contribution in [0, 0.1) is 0 Å². The van der Waals surface area contributed by atoms with Gasteiger partial charge in [0.05, 0.1) is 12.6 Å². The van der Waals surface area contributed by atoms with Crippen molar-refractivity contribution in [2.45, 2.75) is 26.5 Å². The second-order valence-electron chi connectivity index (χ2n) is 5.19. The van der Waals surface area contributed by atoms with E-state index in [2.05, 4.69) is 10.3 Å². The first-order valence-electron chi connectivity index (χ1n) is 7.14. The summed E-state index contributed by atoms with van der Waals surface area (Å²) < 4.78 is 5.58. The van der Waals surface area contributed by atoms with Gasteiger partial charge in [-0.1, -0.05) is 12.1 Å². The Bertz CT molecular complexity index is 637. The monoisotopic (exact) mass is 299 g/mol. The molecule has 0 aromatic heterocycles. The molecule has 0 fully saturated rings. The van der Waals surface area contributed by atoms with Crippen LogP contribution in [0.2, 0.25) is 0 Å². The van der Waals surface area contributed by atoms with Crippen molar-refractivity contribution in [3.63, 3.8) is 0 Å². The Balaban J connectivity index is 1.93. The number of guanidine groups is 1. The number of aliphatic imine (C=N–C) groups is 1. The van der Waals surface area contributed by atoms with Crippen LogP contribution in [0.4, 0.5) is 5.69 Å². The molecule has 0 saturated heterocycles. The normalized spacial score (nSPS) is 11.5. The molecular weight excluding hydrogens is 278 g/mol. The first kappa shape index (κ1) is 15.7. The Kier molecular flexibility index (Phi) is 5.25. The molecule has 0 spiro atoms. The van der Waals surface area contributed by atoms with Gasteiger partial charge < -0.3 is 20.9 Å². The van der Waals surface area contributed by atoms with Crippen LogP contribution in [0.3, 0.4) is 0 Å². The lowest BCUT2D eigenvalue weighted by Crippen LogP contribution is -2.22. The van der Waals surface area contributed by atoms with Crippen molar-refractivity contribution in [1.29, 1.82) is 0 Å². The lowest BCUT2D eigenvalue weighted by molar-refractivity contribution is 0.242. The minimum absolute atomic E-state index is 0.146. The van der Waals surface area contributed by atoms with Crippen LogP contribution < -0.4 is 15.8 Å². The Morgan fingerprint density at radius 2 is 1.95 bits per heavy atom. The van der Waals surface area contributed by atoms with Crippen LogP contribution in [0.5, 0.6) is 11.5 Å². The van der Waals surface area contributed by atoms with E-state index in [9.17, 15) is 5.11 Å². The molecule has 0 aliphatic heterocycles. The molecule has 0 radical (unpaired) electrons. The standard InChI is InChI=1S/C17H21N3O2/c1-12(2)22-16-8-6-14(7-9-16)20-17(18)19-11-13-4-3-5-15(21)10-13/h3-10,12,21H,11H2,1-2H3,(H3,18,19,20). The third kappa shape index (κ3) is 5.01. The molecule has 116 valence electrons. The number of ether oxygens (including phenoxy) is 1. The number of phenolic OH excluding ortho intramolecular Hbond substituents is 1. The van der Waals surface area contributed by atoms with Crippen molar-refractivity contribution >= 4 is 11.6 Å². The molecule has 2 rings (SSSR count). The van der Waals surface area contributed by atoms with E-state index >= 15 is 0 Å². The number of anilines is 1. The minimum Gasteiger partial charge on any atom is -0.508 e. The number of nitrogens with zero attached hydrogens (tertiary/aromatic N) is 1. The maximum absolute atomic E-state index is 9.39. The molecule has 0 unspecified atom stereocenters. The van der Waals surface area contributed by atoms with Gasteiger partial charge in [0.2, 0.25) is 0 Å². The Labute approximate surface area is 130 Å². The number of nitrogens with one attached hydrogen (secondary N) is 1. The van der Waals surface area contributed by atoms with Gasteiger partial charge in [-0.05, 0) is 55.8 Å². The highest BCUT2D eigenvalue weighted by atomic mass is 16.5. The average Bonchev–Trinajstić information content (AvgIpc) is 2.47. The first-order valence-corrected chi connectivity index (χ1v) is 7.14. The smallest absolute Gasteiger partial charge is 0.193 e. The lowest BCUT2D eigenvalue weighted by Gasteiger charge is -2.11. The Hall–Kier alpha value is -2.69. The zero-order valence-electron chi connectivity index (χ0n) is 12.8. The van der Waals surface area contributed by atoms with Crippen molar-refractivity contribution in [3.8, 4) is 11.5 Å². The molecule has 0 atom stereocenters. The van der Waals surface area contributed by atoms with E-state index in [4.69, 9.17) is 10.5 Å². The highest BCUT2D eigenvalue weighted by Gasteiger charge is 1.99. The van der Waals surface area contributed by atoms with Gasteiger partial charge in [-0.25, -0.2) is 4.99 Å². The van der Waals surface area contributed by atoms with Crippen LogP contribution >= 0.6 is 0 Å². The summed E-state index contributed by atoms with van der Waals surface area (Å²) in [5.41, 5.74) is 7.59. The number of benzene rings is 2. The van der Waals surface area contributed by atoms with Crippen LogP contribution in [-0.2, 0) is 6.54 Å². The van der Waals surface area contributed by atoms with Crippen LogP contribution in [-0.4, -0.2) is 17.2 Å². The topological polar surface area (TPSA) is 79.9 Å². The maximum Gasteiger partial charge on any atom is 0.193 e. The molecule has 0 amide bonds. The van der Waals surface area contributed by atoms with Gasteiger partial charge in [0.1, 0.15) is 11.5 Å². The molecule has 5 heteroatoms. The number of aromatic hydroxyl groups is 1. The number of hydrogen-bond acceptors (Lipinski definition) is 3. The van der Waals surface area contributed by atoms with Crippen molar-refractivity contribution < 1.29 is 9.84 Å². The second-order valence-corrected chi connectivity index (χ2v) is 5.19. The van der Waals surface area contributed by atoms with E-state index in [0.717, 1.165) is 17.0 Å². The summed E-state index contributed by atoms with van der Waals surface area (Å²) in [6.45, 7) is 4.37. The summed E-state index contributed by atoms with van der Waals surface area (Å²) in [5.74, 6) is 1.36. The second kappa shape index (κ2) is 7.36. The highest BCUT2D eigenvalue weighted by molar-refractivity contribution is 5.92. The van der Waals surface area contributed by atoms with Crippen LogP contribution in [0.15, 0.2) is 53.5 Å². The fraction of sp³-hybridized carbons (Fsp3) is 0.235. The van der Waals surface area contributed by atoms with E-state index in [-0.39, 0.29) is 11.9 Å². The third-order valence-electron chi connectivity index (χ3n) is 2.84. The Morgan fingerprint density at radius 3 is 2.59 bits per heavy atom. The van der Waals surface area contributed by atoms with E-state index < -0.39 is 0 Å². The van der Waals surface area contributed by atoms with Gasteiger partial charge in [0.15, 0.2) is 5.96 Å². The van der Waals surface area contributed by atoms with Crippen LogP contribution in [0.25, 0.3) is 0 Å². The van der Waals surface area contributed by atoms with Crippen molar-refractivity contribution in [2.24, 2.45) is 10.7 Å². The molecule has 0 saturated carbocycles. The van der Waals surface area contributed by atoms with E-state index in [1.54, 1.807) is 18.2 Å². The van der Waals surface area contributed by atoms with Gasteiger partial charge in [-0.2, -0.15) is 0 Å². The molecule has 4 N–H and O–H groups in total. The van der Waals surface area contributed by atoms with Crippen molar-refractivity contribution in [1.82, 2.24) is 0 Å². The first-order chi connectivity index (χ1) is 10.5. The summed E-state index contributed by atoms with van der Waals surface area (Å²) >= 11 is 0. The largest absolute Gasteiger partial charge is 0.508 e. The summed E-state index contributed by atoms with van der Waals surface area (Å²) in [6.07, 6.45) is 0.146. The summed E-state index contributed by atoms with van der Waals surface area (Å²) in [7, 11) is 0. The number of rotatable bonds is 5. The average molecular weight is 299 g/mol. The zero-order valence-corrected chi connectivity index (χ0v) is 12.8. The molecule has 2 aromatic carbocycles. The predicted molar refractivity (Wildman–Crippen MR) is 89.3 cm³/mol. The molecule has 0 aliphatic rings. The number of nitrogens with two attached hydrogens (primary N) is 1. The van der Waals surface area contributed by atoms with Gasteiger partial charge in [-0.3, -0.25) is 0 Å². The molecule has 0 aliphatic carbocycles. The van der Waals surface area contributed by atoms with Gasteiger partial charge in [-0.15, -0.1) is 0 Å². The Morgan fingerprint density at radius 1 is 1.23 bits per heavy atom. The summed E-state index contributed by atoms with van der Waals surface area (Å²) in [5, 5.41) is 12.4. The van der Waals surface area contributed by atoms with E-state index in [0.29, 0.717) is 12.5 Å². The maximum atomic E-state index is 9.39. The molecule has 5 nitrogen and oxygen atoms in total. The van der Waals surface area contributed by atoms with Crippen LogP contribution in [0.1, 0.15) is 19.4 Å². The third-order valence-corrected chi connectivity index (χ3v) is 2.84. The predicted octanol–water partition coefficient (Wildman–Crippen LogP) is 3.11. The number of phenols is 1. The fourth-order valence-corrected chi connectivity index (χ4v) is 1.91. The fourth-order valence-electron chi connectivity index (χ4n) is 1.91. The van der Waals surface area contributed by atoms with Crippen molar-refractivity contribution in [3.05, 3.63) is 54.1 Å². The quantitative estimate of drug-likeness (QED) is 0.585. The van der Waals surface area contributed by atoms with Crippen molar-refractivity contribution in [2.75, 3.05) is 5.32 Å². The van der Waals surface area contributed by atoms with E-state index in [1.807, 2.05) is 44.2 Å². The zero-order chi connectivity index (χ0) is 15.9. The summed E-state index contributed by atoms with van der Waals surface area (Å²) in [4.78, 5) is 4.24. The lowest BCUT2D eigenvalue weighted by atomic mass is 10.2. The molecule has 2 aromatic rings. The molecule has 0 bridgehead atoms. The number of hydrogen-bond donors (Lipinski definition) is 3. The highest BCUT2D eigenvalue weighted by Crippen LogP contribution is 2.17. The molecule has 22 heavy (non-hydrogen) atoms. The minimum atomic E-state index is 0.146. The summed E-state index contributed by atoms with van der Waals surface area (Å²) in [6, 6.07) is 14.5. The van der Waals surface area contributed by atoms with Gasteiger partial charge in [0, 0.05) is 5.69 Å². The SMILES string of the molecule is CC(C)Oc1ccc(NC(N)=NCc2cccc(O)c2)cc1. The van der Waals surface area contributed by atoms with Gasteiger partial charge in [0.25, 0.3) is 0 Å². The molecule has 0 heterocycles. The van der Waals surface area contributed by atoms with E-state index in [1.165, 1.54) is 0 Å². The molecular formula is C17H21N3O2. The van der Waals surface area contributed by atoms with Gasteiger partial charge >= 0.3 is 0 Å².